The number of hydrogen-bond acceptors (Lipinski definition) is 4. The highest BCUT2D eigenvalue weighted by Crippen LogP contribution is 2.24. The van der Waals surface area contributed by atoms with Gasteiger partial charge in [0.2, 0.25) is 11.8 Å². The third-order valence-electron chi connectivity index (χ3n) is 2.76. The van der Waals surface area contributed by atoms with E-state index in [1.165, 1.54) is 12.8 Å². The first-order valence-electron chi connectivity index (χ1n) is 6.34. The Balaban J connectivity index is 2.52. The van der Waals surface area contributed by atoms with E-state index in [1.807, 2.05) is 0 Å². The summed E-state index contributed by atoms with van der Waals surface area (Å²) in [5, 5.41) is 11.4. The van der Waals surface area contributed by atoms with Gasteiger partial charge in [0.15, 0.2) is 0 Å². The molecule has 0 bridgehead atoms. The Hall–Kier alpha value is -0.900. The maximum absolute atomic E-state index is 5.65. The predicted molar refractivity (Wildman–Crippen MR) is 64.2 cm³/mol. The van der Waals surface area contributed by atoms with E-state index < -0.39 is 0 Å². The Morgan fingerprint density at radius 1 is 1.25 bits per heavy atom. The van der Waals surface area contributed by atoms with E-state index in [0.29, 0.717) is 18.4 Å². The Morgan fingerprint density at radius 3 is 2.69 bits per heavy atom. The fraction of sp³-hybridized carbons (Fsp3) is 0.833. The van der Waals surface area contributed by atoms with Gasteiger partial charge >= 0.3 is 0 Å². The molecule has 1 unspecified atom stereocenters. The van der Waals surface area contributed by atoms with E-state index in [2.05, 4.69) is 36.3 Å². The highest BCUT2D eigenvalue weighted by atomic mass is 16.4. The SMILES string of the molecule is CCCCC(CC)c1nnc(CNCC)o1. The van der Waals surface area contributed by atoms with Gasteiger partial charge in [-0.05, 0) is 19.4 Å². The van der Waals surface area contributed by atoms with Gasteiger partial charge in [-0.1, -0.05) is 33.6 Å². The van der Waals surface area contributed by atoms with E-state index in [9.17, 15) is 0 Å². The number of nitrogens with zero attached hydrogens (tertiary/aromatic N) is 2. The average Bonchev–Trinajstić information content (AvgIpc) is 2.76. The number of unbranched alkanes of at least 4 members (excludes halogenated alkanes) is 1. The quantitative estimate of drug-likeness (QED) is 0.739. The normalized spacial score (nSPS) is 12.9. The topological polar surface area (TPSA) is 51.0 Å². The minimum Gasteiger partial charge on any atom is -0.424 e. The molecular weight excluding hydrogens is 202 g/mol. The molecule has 1 heterocycles. The van der Waals surface area contributed by atoms with Crippen LogP contribution in [-0.2, 0) is 6.54 Å². The number of hydrogen-bond donors (Lipinski definition) is 1. The molecule has 0 radical (unpaired) electrons. The fourth-order valence-corrected chi connectivity index (χ4v) is 1.69. The fourth-order valence-electron chi connectivity index (χ4n) is 1.69. The highest BCUT2D eigenvalue weighted by Gasteiger charge is 2.16. The van der Waals surface area contributed by atoms with Crippen molar-refractivity contribution in [2.24, 2.45) is 0 Å². The number of rotatable bonds is 8. The van der Waals surface area contributed by atoms with Crippen LogP contribution in [0.3, 0.4) is 0 Å². The van der Waals surface area contributed by atoms with Crippen molar-refractivity contribution in [3.63, 3.8) is 0 Å². The summed E-state index contributed by atoms with van der Waals surface area (Å²) in [5.41, 5.74) is 0. The summed E-state index contributed by atoms with van der Waals surface area (Å²) in [7, 11) is 0. The van der Waals surface area contributed by atoms with Gasteiger partial charge < -0.3 is 9.73 Å². The number of aromatic nitrogens is 2. The average molecular weight is 225 g/mol. The van der Waals surface area contributed by atoms with Gasteiger partial charge in [0.05, 0.1) is 6.54 Å². The first-order chi connectivity index (χ1) is 7.81. The lowest BCUT2D eigenvalue weighted by Crippen LogP contribution is -2.11. The van der Waals surface area contributed by atoms with Crippen molar-refractivity contribution in [3.05, 3.63) is 11.8 Å². The van der Waals surface area contributed by atoms with Gasteiger partial charge in [-0.2, -0.15) is 0 Å². The Bertz CT molecular complexity index is 286. The van der Waals surface area contributed by atoms with Gasteiger partial charge in [0.1, 0.15) is 0 Å². The minimum atomic E-state index is 0.433. The van der Waals surface area contributed by atoms with Crippen molar-refractivity contribution in [2.45, 2.75) is 58.9 Å². The lowest BCUT2D eigenvalue weighted by molar-refractivity contribution is 0.386. The van der Waals surface area contributed by atoms with Crippen LogP contribution in [-0.4, -0.2) is 16.7 Å². The van der Waals surface area contributed by atoms with Gasteiger partial charge in [0, 0.05) is 5.92 Å². The predicted octanol–water partition coefficient (Wildman–Crippen LogP) is 2.86. The van der Waals surface area contributed by atoms with Crippen LogP contribution < -0.4 is 5.32 Å². The van der Waals surface area contributed by atoms with Crippen LogP contribution in [0.25, 0.3) is 0 Å². The lowest BCUT2D eigenvalue weighted by atomic mass is 10.00. The van der Waals surface area contributed by atoms with Crippen molar-refractivity contribution in [3.8, 4) is 0 Å². The Labute approximate surface area is 97.8 Å². The van der Waals surface area contributed by atoms with Crippen molar-refractivity contribution in [1.29, 1.82) is 0 Å². The van der Waals surface area contributed by atoms with E-state index in [4.69, 9.17) is 4.42 Å². The van der Waals surface area contributed by atoms with E-state index >= 15 is 0 Å². The summed E-state index contributed by atoms with van der Waals surface area (Å²) in [6, 6.07) is 0. The van der Waals surface area contributed by atoms with Crippen LogP contribution in [0, 0.1) is 0 Å². The molecule has 0 aliphatic carbocycles. The molecule has 16 heavy (non-hydrogen) atoms. The summed E-state index contributed by atoms with van der Waals surface area (Å²) in [6.07, 6.45) is 4.66. The van der Waals surface area contributed by atoms with Crippen LogP contribution >= 0.6 is 0 Å². The van der Waals surface area contributed by atoms with Crippen molar-refractivity contribution in [1.82, 2.24) is 15.5 Å². The third-order valence-corrected chi connectivity index (χ3v) is 2.76. The molecule has 0 aromatic carbocycles. The van der Waals surface area contributed by atoms with Gasteiger partial charge in [0.25, 0.3) is 0 Å². The first kappa shape index (κ1) is 13.2. The smallest absolute Gasteiger partial charge is 0.230 e. The second kappa shape index (κ2) is 7.39. The van der Waals surface area contributed by atoms with E-state index in [-0.39, 0.29) is 0 Å². The molecule has 0 fully saturated rings. The summed E-state index contributed by atoms with van der Waals surface area (Å²) in [5.74, 6) is 1.94. The second-order valence-electron chi connectivity index (χ2n) is 4.06. The Morgan fingerprint density at radius 2 is 2.06 bits per heavy atom. The van der Waals surface area contributed by atoms with Gasteiger partial charge in [-0.25, -0.2) is 0 Å². The maximum Gasteiger partial charge on any atom is 0.230 e. The van der Waals surface area contributed by atoms with Crippen LogP contribution in [0.1, 0.15) is 64.2 Å². The van der Waals surface area contributed by atoms with Crippen molar-refractivity contribution < 1.29 is 4.42 Å². The second-order valence-corrected chi connectivity index (χ2v) is 4.06. The van der Waals surface area contributed by atoms with Crippen LogP contribution in [0.15, 0.2) is 4.42 Å². The first-order valence-corrected chi connectivity index (χ1v) is 6.34. The zero-order valence-electron chi connectivity index (χ0n) is 10.6. The summed E-state index contributed by atoms with van der Waals surface area (Å²) in [6.45, 7) is 8.04. The molecular formula is C12H23N3O. The molecule has 0 spiro atoms. The molecule has 1 atom stereocenters. The standard InChI is InChI=1S/C12H23N3O/c1-4-7-8-10(5-2)12-15-14-11(16-12)9-13-6-3/h10,13H,4-9H2,1-3H3. The number of nitrogens with one attached hydrogen (secondary N) is 1. The maximum atomic E-state index is 5.65. The zero-order valence-corrected chi connectivity index (χ0v) is 10.6. The summed E-state index contributed by atoms with van der Waals surface area (Å²) < 4.78 is 5.65. The molecule has 92 valence electrons. The van der Waals surface area contributed by atoms with Crippen LogP contribution in [0.5, 0.6) is 0 Å². The highest BCUT2D eigenvalue weighted by molar-refractivity contribution is 4.90. The molecule has 0 saturated heterocycles. The molecule has 4 nitrogen and oxygen atoms in total. The molecule has 1 rings (SSSR count). The van der Waals surface area contributed by atoms with E-state index in [1.54, 1.807) is 0 Å². The van der Waals surface area contributed by atoms with Crippen LogP contribution in [0.2, 0.25) is 0 Å². The summed E-state index contributed by atoms with van der Waals surface area (Å²) in [4.78, 5) is 0. The third kappa shape index (κ3) is 3.93. The molecule has 0 amide bonds. The van der Waals surface area contributed by atoms with Gasteiger partial charge in [-0.3, -0.25) is 0 Å². The Kier molecular flexibility index (Phi) is 6.08. The monoisotopic (exact) mass is 225 g/mol. The van der Waals surface area contributed by atoms with Gasteiger partial charge in [-0.15, -0.1) is 10.2 Å². The minimum absolute atomic E-state index is 0.433. The van der Waals surface area contributed by atoms with Crippen molar-refractivity contribution >= 4 is 0 Å². The molecule has 1 aromatic rings. The van der Waals surface area contributed by atoms with E-state index in [0.717, 1.165) is 25.3 Å². The molecule has 1 N–H and O–H groups in total. The summed E-state index contributed by atoms with van der Waals surface area (Å²) >= 11 is 0. The lowest BCUT2D eigenvalue weighted by Gasteiger charge is -2.08. The molecule has 4 heteroatoms. The largest absolute Gasteiger partial charge is 0.424 e. The molecule has 0 aliphatic rings. The zero-order chi connectivity index (χ0) is 11.8. The van der Waals surface area contributed by atoms with Crippen molar-refractivity contribution in [2.75, 3.05) is 6.54 Å². The van der Waals surface area contributed by atoms with Crippen LogP contribution in [0.4, 0.5) is 0 Å². The molecule has 0 saturated carbocycles. The molecule has 0 aliphatic heterocycles. The molecule has 1 aromatic heterocycles.